The Balaban J connectivity index is 1.42. The van der Waals surface area contributed by atoms with E-state index in [1.54, 1.807) is 18.2 Å². The van der Waals surface area contributed by atoms with Crippen LogP contribution in [0.4, 0.5) is 11.4 Å². The third kappa shape index (κ3) is 3.44. The maximum atomic E-state index is 13.1. The summed E-state index contributed by atoms with van der Waals surface area (Å²) >= 11 is 0.938. The van der Waals surface area contributed by atoms with Crippen LogP contribution < -0.4 is 9.03 Å². The van der Waals surface area contributed by atoms with Crippen LogP contribution in [0.25, 0.3) is 11.0 Å². The minimum Gasteiger partial charge on any atom is -0.280 e. The number of rotatable bonds is 5. The summed E-state index contributed by atoms with van der Waals surface area (Å²) in [6.07, 6.45) is 0.657. The summed E-state index contributed by atoms with van der Waals surface area (Å²) in [4.78, 5) is 0.113. The first-order chi connectivity index (χ1) is 14.9. The third-order valence-corrected chi connectivity index (χ3v) is 8.86. The molecule has 4 aromatic rings. The first-order valence-corrected chi connectivity index (χ1v) is 13.0. The molecule has 158 valence electrons. The van der Waals surface area contributed by atoms with E-state index in [0.717, 1.165) is 17.3 Å². The van der Waals surface area contributed by atoms with Gasteiger partial charge in [0, 0.05) is 12.2 Å². The Kier molecular flexibility index (Phi) is 4.68. The van der Waals surface area contributed by atoms with Crippen molar-refractivity contribution in [3.05, 3.63) is 72.3 Å². The number of fused-ring (bicyclic) bond motifs is 2. The molecule has 0 aliphatic carbocycles. The lowest BCUT2D eigenvalue weighted by Gasteiger charge is -2.19. The maximum absolute atomic E-state index is 13.1. The van der Waals surface area contributed by atoms with Gasteiger partial charge in [-0.15, -0.1) is 0 Å². The van der Waals surface area contributed by atoms with Crippen LogP contribution in [0.2, 0.25) is 0 Å². The molecular formula is C20H16N4O4S3. The van der Waals surface area contributed by atoms with Crippen molar-refractivity contribution in [1.29, 1.82) is 0 Å². The molecule has 8 nitrogen and oxygen atoms in total. The highest BCUT2D eigenvalue weighted by Crippen LogP contribution is 2.33. The van der Waals surface area contributed by atoms with Gasteiger partial charge in [-0.1, -0.05) is 24.3 Å². The zero-order valence-electron chi connectivity index (χ0n) is 16.0. The largest absolute Gasteiger partial charge is 0.280 e. The van der Waals surface area contributed by atoms with E-state index in [2.05, 4.69) is 13.5 Å². The summed E-state index contributed by atoms with van der Waals surface area (Å²) in [5.41, 5.74) is 2.71. The van der Waals surface area contributed by atoms with Crippen molar-refractivity contribution >= 4 is 54.2 Å². The Morgan fingerprint density at radius 2 is 1.65 bits per heavy atom. The fourth-order valence-corrected chi connectivity index (χ4v) is 6.92. The van der Waals surface area contributed by atoms with E-state index in [9.17, 15) is 16.8 Å². The summed E-state index contributed by atoms with van der Waals surface area (Å²) in [5.74, 6) is 0. The second-order valence-electron chi connectivity index (χ2n) is 6.97. The van der Waals surface area contributed by atoms with Gasteiger partial charge in [0.05, 0.1) is 22.3 Å². The lowest BCUT2D eigenvalue weighted by molar-refractivity contribution is 0.592. The van der Waals surface area contributed by atoms with E-state index in [-0.39, 0.29) is 15.5 Å². The molecule has 2 heterocycles. The van der Waals surface area contributed by atoms with Crippen molar-refractivity contribution in [2.24, 2.45) is 0 Å². The molecule has 0 atom stereocenters. The van der Waals surface area contributed by atoms with E-state index in [1.165, 1.54) is 34.6 Å². The average molecular weight is 473 g/mol. The number of sulfonamides is 2. The van der Waals surface area contributed by atoms with Gasteiger partial charge in [-0.25, -0.2) is 16.8 Å². The Hall–Kier alpha value is -3.02. The third-order valence-electron chi connectivity index (χ3n) is 5.08. The van der Waals surface area contributed by atoms with Gasteiger partial charge in [0.25, 0.3) is 20.0 Å². The van der Waals surface area contributed by atoms with Gasteiger partial charge >= 0.3 is 0 Å². The smallest absolute Gasteiger partial charge is 0.264 e. The van der Waals surface area contributed by atoms with E-state index in [0.29, 0.717) is 29.7 Å². The summed E-state index contributed by atoms with van der Waals surface area (Å²) in [5, 5.41) is 0. The predicted molar refractivity (Wildman–Crippen MR) is 119 cm³/mol. The number of para-hydroxylation sites is 1. The Labute approximate surface area is 183 Å². The number of benzene rings is 3. The Morgan fingerprint density at radius 3 is 2.45 bits per heavy atom. The standard InChI is InChI=1S/C20H16N4O4S3/c25-30(26,19-7-3-5-17-20(19)22-29-21-17)23-15-8-10-16(11-9-15)31(27,28)24-13-12-14-4-1-2-6-18(14)24/h1-11,23H,12-13H2. The Bertz CT molecular complexity index is 1500. The first kappa shape index (κ1) is 19.9. The second kappa shape index (κ2) is 7.29. The zero-order valence-corrected chi connectivity index (χ0v) is 18.4. The molecule has 1 aliphatic heterocycles. The molecule has 1 aliphatic rings. The lowest BCUT2D eigenvalue weighted by atomic mass is 10.2. The Morgan fingerprint density at radius 1 is 0.871 bits per heavy atom. The van der Waals surface area contributed by atoms with Crippen molar-refractivity contribution in [3.8, 4) is 0 Å². The van der Waals surface area contributed by atoms with Crippen LogP contribution in [-0.4, -0.2) is 32.1 Å². The summed E-state index contributed by atoms with van der Waals surface area (Å²) in [6.45, 7) is 0.377. The van der Waals surface area contributed by atoms with Crippen molar-refractivity contribution in [3.63, 3.8) is 0 Å². The summed E-state index contributed by atoms with van der Waals surface area (Å²) in [6, 6.07) is 17.8. The van der Waals surface area contributed by atoms with Crippen LogP contribution in [0, 0.1) is 0 Å². The van der Waals surface area contributed by atoms with E-state index in [4.69, 9.17) is 0 Å². The maximum Gasteiger partial charge on any atom is 0.264 e. The molecule has 0 saturated heterocycles. The van der Waals surface area contributed by atoms with Crippen LogP contribution in [0.1, 0.15) is 5.56 Å². The molecule has 0 unspecified atom stereocenters. The molecule has 31 heavy (non-hydrogen) atoms. The molecule has 1 N–H and O–H groups in total. The molecule has 0 amide bonds. The second-order valence-corrected chi connectivity index (χ2v) is 11.0. The molecule has 11 heteroatoms. The molecule has 3 aromatic carbocycles. The SMILES string of the molecule is O=S(=O)(Nc1ccc(S(=O)(=O)N2CCc3ccccc32)cc1)c1cccc2nsnc12. The van der Waals surface area contributed by atoms with E-state index < -0.39 is 20.0 Å². The van der Waals surface area contributed by atoms with Crippen molar-refractivity contribution < 1.29 is 16.8 Å². The number of hydrogen-bond acceptors (Lipinski definition) is 7. The molecule has 0 fully saturated rings. The predicted octanol–water partition coefficient (Wildman–Crippen LogP) is 3.24. The van der Waals surface area contributed by atoms with Gasteiger partial charge < -0.3 is 0 Å². The number of aromatic nitrogens is 2. The minimum absolute atomic E-state index is 0.0177. The van der Waals surface area contributed by atoms with E-state index in [1.807, 2.05) is 18.2 Å². The van der Waals surface area contributed by atoms with Crippen LogP contribution in [0.3, 0.4) is 0 Å². The van der Waals surface area contributed by atoms with Crippen molar-refractivity contribution in [1.82, 2.24) is 8.75 Å². The number of nitrogens with zero attached hydrogens (tertiary/aromatic N) is 3. The minimum atomic E-state index is -3.92. The number of hydrogen-bond donors (Lipinski definition) is 1. The molecule has 0 spiro atoms. The van der Waals surface area contributed by atoms with Gasteiger partial charge in [0.2, 0.25) is 0 Å². The van der Waals surface area contributed by atoms with Crippen LogP contribution in [0.5, 0.6) is 0 Å². The molecule has 1 aromatic heterocycles. The fourth-order valence-electron chi connectivity index (χ4n) is 3.59. The van der Waals surface area contributed by atoms with Crippen LogP contribution >= 0.6 is 11.7 Å². The number of anilines is 2. The van der Waals surface area contributed by atoms with Gasteiger partial charge in [0.15, 0.2) is 0 Å². The quantitative estimate of drug-likeness (QED) is 0.478. The van der Waals surface area contributed by atoms with Crippen molar-refractivity contribution in [2.45, 2.75) is 16.2 Å². The average Bonchev–Trinajstić information content (AvgIpc) is 3.41. The van der Waals surface area contributed by atoms with Crippen LogP contribution in [-0.2, 0) is 26.5 Å². The first-order valence-electron chi connectivity index (χ1n) is 9.31. The zero-order chi connectivity index (χ0) is 21.6. The highest BCUT2D eigenvalue weighted by atomic mass is 32.2. The molecule has 0 saturated carbocycles. The van der Waals surface area contributed by atoms with Crippen LogP contribution in [0.15, 0.2) is 76.5 Å². The summed E-state index contributed by atoms with van der Waals surface area (Å²) in [7, 11) is -7.67. The monoisotopic (exact) mass is 472 g/mol. The normalized spacial score (nSPS) is 14.0. The molecule has 0 bridgehead atoms. The topological polar surface area (TPSA) is 109 Å². The van der Waals surface area contributed by atoms with E-state index >= 15 is 0 Å². The number of nitrogens with one attached hydrogen (secondary N) is 1. The lowest BCUT2D eigenvalue weighted by Crippen LogP contribution is -2.29. The molecule has 5 rings (SSSR count). The van der Waals surface area contributed by atoms with Gasteiger partial charge in [-0.3, -0.25) is 9.03 Å². The van der Waals surface area contributed by atoms with Crippen molar-refractivity contribution in [2.75, 3.05) is 15.6 Å². The fraction of sp³-hybridized carbons (Fsp3) is 0.100. The van der Waals surface area contributed by atoms with Gasteiger partial charge in [-0.05, 0) is 54.4 Å². The highest BCUT2D eigenvalue weighted by Gasteiger charge is 2.30. The van der Waals surface area contributed by atoms with Gasteiger partial charge in [-0.2, -0.15) is 8.75 Å². The van der Waals surface area contributed by atoms with Gasteiger partial charge in [0.1, 0.15) is 15.9 Å². The molecule has 0 radical (unpaired) electrons. The molecular weight excluding hydrogens is 456 g/mol. The summed E-state index contributed by atoms with van der Waals surface area (Å²) < 4.78 is 63.9. The highest BCUT2D eigenvalue weighted by molar-refractivity contribution is 7.93.